The van der Waals surface area contributed by atoms with Crippen LogP contribution in [0.5, 0.6) is 0 Å². The molecule has 0 N–H and O–H groups in total. The molecule has 0 aliphatic heterocycles. The van der Waals surface area contributed by atoms with E-state index in [-0.39, 0.29) is 23.8 Å². The van der Waals surface area contributed by atoms with Gasteiger partial charge in [-0.25, -0.2) is 13.2 Å². The molecule has 0 spiro atoms. The molecule has 2 aromatic carbocycles. The second-order valence-electron chi connectivity index (χ2n) is 10.8. The van der Waals surface area contributed by atoms with Crippen LogP contribution in [0.1, 0.15) is 119 Å². The molecule has 0 unspecified atom stereocenters. The van der Waals surface area contributed by atoms with Crippen molar-refractivity contribution in [3.05, 3.63) is 70.0 Å². The quantitative estimate of drug-likeness (QED) is 0.343. The molecule has 2 aliphatic rings. The molecule has 0 amide bonds. The van der Waals surface area contributed by atoms with E-state index >= 15 is 8.78 Å². The fourth-order valence-corrected chi connectivity index (χ4v) is 6.10. The predicted octanol–water partition coefficient (Wildman–Crippen LogP) is 9.37. The van der Waals surface area contributed by atoms with Crippen LogP contribution in [0.25, 0.3) is 0 Å². The summed E-state index contributed by atoms with van der Waals surface area (Å²) < 4.78 is 50.6. The first-order valence-corrected chi connectivity index (χ1v) is 13.9. The molecule has 0 aromatic heterocycles. The van der Waals surface area contributed by atoms with Crippen LogP contribution in [0.3, 0.4) is 0 Å². The number of hydrogen-bond acceptors (Lipinski definition) is 1. The molecular weight excluding hydrogens is 445 g/mol. The van der Waals surface area contributed by atoms with E-state index in [1.54, 1.807) is 6.07 Å². The molecule has 35 heavy (non-hydrogen) atoms. The van der Waals surface area contributed by atoms with Gasteiger partial charge < -0.3 is 4.74 Å². The largest absolute Gasteiger partial charge is 0.374 e. The summed E-state index contributed by atoms with van der Waals surface area (Å²) >= 11 is 0. The number of benzene rings is 2. The zero-order chi connectivity index (χ0) is 24.8. The zero-order valence-corrected chi connectivity index (χ0v) is 21.4. The Balaban J connectivity index is 1.29. The van der Waals surface area contributed by atoms with Gasteiger partial charge in [-0.1, -0.05) is 51.0 Å². The normalized spacial score (nSPS) is 25.1. The third kappa shape index (κ3) is 6.50. The maximum absolute atomic E-state index is 15.1. The fraction of sp³-hybridized carbons (Fsp3) is 0.613. The highest BCUT2D eigenvalue weighted by atomic mass is 19.2. The lowest BCUT2D eigenvalue weighted by Gasteiger charge is -2.31. The summed E-state index contributed by atoms with van der Waals surface area (Å²) in [5.74, 6) is -0.489. The summed E-state index contributed by atoms with van der Waals surface area (Å²) in [6.45, 7) is 4.71. The van der Waals surface area contributed by atoms with Gasteiger partial charge in [-0.15, -0.1) is 0 Å². The maximum atomic E-state index is 15.1. The van der Waals surface area contributed by atoms with Gasteiger partial charge in [0.05, 0.1) is 12.7 Å². The van der Waals surface area contributed by atoms with Gasteiger partial charge >= 0.3 is 0 Å². The second kappa shape index (κ2) is 12.4. The molecule has 0 saturated heterocycles. The van der Waals surface area contributed by atoms with Gasteiger partial charge in [-0.3, -0.25) is 0 Å². The summed E-state index contributed by atoms with van der Waals surface area (Å²) in [7, 11) is 0. The van der Waals surface area contributed by atoms with Crippen molar-refractivity contribution in [3.63, 3.8) is 0 Å². The first-order valence-electron chi connectivity index (χ1n) is 13.9. The Bertz CT molecular complexity index is 956. The van der Waals surface area contributed by atoms with Gasteiger partial charge in [-0.05, 0) is 110 Å². The van der Waals surface area contributed by atoms with E-state index in [1.165, 1.54) is 6.42 Å². The number of halogens is 3. The van der Waals surface area contributed by atoms with Crippen LogP contribution in [0, 0.1) is 23.4 Å². The number of ether oxygens (including phenoxy) is 1. The number of aryl methyl sites for hydroxylation is 1. The van der Waals surface area contributed by atoms with Gasteiger partial charge in [0.1, 0.15) is 5.82 Å². The highest BCUT2D eigenvalue weighted by Gasteiger charge is 2.29. The van der Waals surface area contributed by atoms with Crippen LogP contribution >= 0.6 is 0 Å². The SMILES string of the molecule is CCCCc1ccc(COC2CCC(c3ccc(C4CCC(CC)CC4)c(F)c3F)CC2)cc1F. The van der Waals surface area contributed by atoms with Crippen LogP contribution in [0.4, 0.5) is 13.2 Å². The van der Waals surface area contributed by atoms with Crippen LogP contribution in [0.2, 0.25) is 0 Å². The summed E-state index contributed by atoms with van der Waals surface area (Å²) in [6, 6.07) is 9.11. The van der Waals surface area contributed by atoms with Crippen molar-refractivity contribution in [2.75, 3.05) is 0 Å². The van der Waals surface area contributed by atoms with Crippen LogP contribution in [0.15, 0.2) is 30.3 Å². The molecule has 2 aliphatic carbocycles. The monoisotopic (exact) mass is 486 g/mol. The van der Waals surface area contributed by atoms with Crippen molar-refractivity contribution in [3.8, 4) is 0 Å². The average Bonchev–Trinajstić information content (AvgIpc) is 2.89. The molecule has 2 fully saturated rings. The average molecular weight is 487 g/mol. The number of unbranched alkanes of at least 4 members (excludes halogenated alkanes) is 1. The topological polar surface area (TPSA) is 9.23 Å². The molecule has 0 atom stereocenters. The minimum atomic E-state index is -0.636. The number of hydrogen-bond donors (Lipinski definition) is 0. The molecule has 0 radical (unpaired) electrons. The molecule has 0 bridgehead atoms. The molecule has 1 nitrogen and oxygen atoms in total. The molecule has 2 saturated carbocycles. The molecule has 0 heterocycles. The summed E-state index contributed by atoms with van der Waals surface area (Å²) in [5, 5.41) is 0. The predicted molar refractivity (Wildman–Crippen MR) is 136 cm³/mol. The van der Waals surface area contributed by atoms with E-state index in [1.807, 2.05) is 24.3 Å². The molecular formula is C31H41F3O. The molecule has 4 heteroatoms. The van der Waals surface area contributed by atoms with Crippen LogP contribution in [-0.4, -0.2) is 6.10 Å². The van der Waals surface area contributed by atoms with E-state index in [0.29, 0.717) is 17.7 Å². The lowest BCUT2D eigenvalue weighted by Crippen LogP contribution is -2.22. The Morgan fingerprint density at radius 1 is 0.771 bits per heavy atom. The van der Waals surface area contributed by atoms with E-state index in [2.05, 4.69) is 13.8 Å². The Morgan fingerprint density at radius 3 is 1.91 bits per heavy atom. The summed E-state index contributed by atoms with van der Waals surface area (Å²) in [4.78, 5) is 0. The first-order chi connectivity index (χ1) is 17.0. The van der Waals surface area contributed by atoms with E-state index in [4.69, 9.17) is 4.74 Å². The van der Waals surface area contributed by atoms with Gasteiger partial charge in [0.25, 0.3) is 0 Å². The Hall–Kier alpha value is -1.81. The lowest BCUT2D eigenvalue weighted by atomic mass is 9.76. The van der Waals surface area contributed by atoms with E-state index in [9.17, 15) is 4.39 Å². The Labute approximate surface area is 209 Å². The van der Waals surface area contributed by atoms with Gasteiger partial charge in [0, 0.05) is 0 Å². The smallest absolute Gasteiger partial charge is 0.162 e. The van der Waals surface area contributed by atoms with Crippen molar-refractivity contribution < 1.29 is 17.9 Å². The fourth-order valence-electron chi connectivity index (χ4n) is 6.10. The first kappa shape index (κ1) is 26.3. The standard InChI is InChI=1S/C31H41F3O/c1-3-5-6-25-12-9-22(19-29(25)32)20-35-26-15-13-24(14-16-26)28-18-17-27(30(33)31(28)34)23-10-7-21(4-2)8-11-23/h9,12,17-19,21,23-24,26H,3-8,10-11,13-16,20H2,1-2H3. The van der Waals surface area contributed by atoms with Gasteiger partial charge in [0.15, 0.2) is 11.6 Å². The van der Waals surface area contributed by atoms with Crippen molar-refractivity contribution in [2.24, 2.45) is 5.92 Å². The maximum Gasteiger partial charge on any atom is 0.162 e. The van der Waals surface area contributed by atoms with Crippen LogP contribution in [-0.2, 0) is 17.8 Å². The van der Waals surface area contributed by atoms with E-state index in [0.717, 1.165) is 87.7 Å². The highest BCUT2D eigenvalue weighted by molar-refractivity contribution is 5.32. The number of rotatable bonds is 9. The summed E-state index contributed by atoms with van der Waals surface area (Å²) in [6.07, 6.45) is 11.4. The minimum Gasteiger partial charge on any atom is -0.374 e. The minimum absolute atomic E-state index is 0.0320. The molecule has 2 aromatic rings. The second-order valence-corrected chi connectivity index (χ2v) is 10.8. The van der Waals surface area contributed by atoms with Crippen LogP contribution < -0.4 is 0 Å². The molecule has 192 valence electrons. The molecule has 4 rings (SSSR count). The highest BCUT2D eigenvalue weighted by Crippen LogP contribution is 2.41. The van der Waals surface area contributed by atoms with Crippen molar-refractivity contribution in [1.82, 2.24) is 0 Å². The van der Waals surface area contributed by atoms with Crippen molar-refractivity contribution in [1.29, 1.82) is 0 Å². The lowest BCUT2D eigenvalue weighted by molar-refractivity contribution is 0.0130. The van der Waals surface area contributed by atoms with Crippen molar-refractivity contribution >= 4 is 0 Å². The Kier molecular flexibility index (Phi) is 9.33. The van der Waals surface area contributed by atoms with E-state index < -0.39 is 11.6 Å². The zero-order valence-electron chi connectivity index (χ0n) is 21.4. The third-order valence-corrected chi connectivity index (χ3v) is 8.52. The summed E-state index contributed by atoms with van der Waals surface area (Å²) in [5.41, 5.74) is 2.72. The van der Waals surface area contributed by atoms with Crippen molar-refractivity contribution in [2.45, 2.75) is 115 Å². The van der Waals surface area contributed by atoms with Gasteiger partial charge in [-0.2, -0.15) is 0 Å². The third-order valence-electron chi connectivity index (χ3n) is 8.52. The Morgan fingerprint density at radius 2 is 1.37 bits per heavy atom. The van der Waals surface area contributed by atoms with Gasteiger partial charge in [0.2, 0.25) is 0 Å².